The fourth-order valence-electron chi connectivity index (χ4n) is 1.53. The number of aromatic nitrogens is 1. The lowest BCUT2D eigenvalue weighted by Crippen LogP contribution is -2.41. The Morgan fingerprint density at radius 3 is 2.53 bits per heavy atom. The van der Waals surface area contributed by atoms with Gasteiger partial charge >= 0.3 is 7.12 Å². The Balaban J connectivity index is 2.60. The predicted molar refractivity (Wildman–Crippen MR) is 71.9 cm³/mol. The molecule has 0 amide bonds. The predicted octanol–water partition coefficient (Wildman–Crippen LogP) is 2.31. The highest BCUT2D eigenvalue weighted by molar-refractivity contribution is 7.22. The molecule has 0 atom stereocenters. The molecule has 0 radical (unpaired) electrons. The Labute approximate surface area is 119 Å². The van der Waals surface area contributed by atoms with Crippen molar-refractivity contribution >= 4 is 23.2 Å². The van der Waals surface area contributed by atoms with Crippen LogP contribution in [0.3, 0.4) is 0 Å². The highest BCUT2D eigenvalue weighted by atomic mass is 32.1. The molecule has 2 rings (SSSR count). The fraction of sp³-hybridized carbons (Fsp3) is 0.750. The smallest absolute Gasteiger partial charge is 0.399 e. The fourth-order valence-corrected chi connectivity index (χ4v) is 2.26. The molecule has 94 valence electrons. The second-order valence-corrected chi connectivity index (χ2v) is 5.98. The van der Waals surface area contributed by atoms with Crippen molar-refractivity contribution in [1.29, 1.82) is 0 Å². The lowest BCUT2D eigenvalue weighted by atomic mass is 9.86. The summed E-state index contributed by atoms with van der Waals surface area (Å²) in [6, 6.07) is 0. The average Bonchev–Trinajstić information content (AvgIpc) is 2.87. The van der Waals surface area contributed by atoms with E-state index in [1.54, 1.807) is 27.7 Å². The van der Waals surface area contributed by atoms with Gasteiger partial charge in [0, 0.05) is 11.0 Å². The highest BCUT2D eigenvalue weighted by Gasteiger charge is 2.52. The van der Waals surface area contributed by atoms with Crippen LogP contribution in [0.4, 0.5) is 0 Å². The van der Waals surface area contributed by atoms with Crippen molar-refractivity contribution in [1.82, 2.24) is 4.98 Å². The summed E-state index contributed by atoms with van der Waals surface area (Å²) in [5, 5.41) is -0.347. The van der Waals surface area contributed by atoms with Crippen LogP contribution in [0, 0.1) is 6.85 Å². The summed E-state index contributed by atoms with van der Waals surface area (Å²) in [7, 11) is -1.09. The van der Waals surface area contributed by atoms with Crippen molar-refractivity contribution < 1.29 is 20.3 Å². The first-order valence-corrected chi connectivity index (χ1v) is 6.09. The first kappa shape index (κ1) is 6.17. The molecule has 1 aliphatic heterocycles. The van der Waals surface area contributed by atoms with Gasteiger partial charge in [-0.1, -0.05) is 6.85 Å². The van der Waals surface area contributed by atoms with Crippen molar-refractivity contribution in [3.8, 4) is 0 Å². The number of thiazole rings is 1. The maximum Gasteiger partial charge on any atom is 0.507 e. The highest BCUT2D eigenvalue weighted by Crippen LogP contribution is 2.37. The van der Waals surface area contributed by atoms with Crippen LogP contribution >= 0.6 is 11.3 Å². The lowest BCUT2D eigenvalue weighted by molar-refractivity contribution is 0.00578. The first-order chi connectivity index (χ1) is 10.9. The molecule has 0 spiro atoms. The molecule has 0 unspecified atom stereocenters. The summed E-state index contributed by atoms with van der Waals surface area (Å²) in [6.45, 7) is 1.54. The Bertz CT molecular complexity index is 651. The molecule has 2 heterocycles. The van der Waals surface area contributed by atoms with Crippen molar-refractivity contribution in [2.45, 2.75) is 59.0 Å². The van der Waals surface area contributed by atoms with Gasteiger partial charge in [-0.25, -0.2) is 4.98 Å². The van der Waals surface area contributed by atoms with E-state index in [4.69, 9.17) is 20.3 Å². The molecule has 1 saturated heterocycles. The van der Waals surface area contributed by atoms with Crippen LogP contribution in [0.15, 0.2) is 0 Å². The normalized spacial score (nSPS) is 31.4. The van der Waals surface area contributed by atoms with E-state index in [0.717, 1.165) is 0 Å². The summed E-state index contributed by atoms with van der Waals surface area (Å²) in [5.41, 5.74) is -1.96. The van der Waals surface area contributed by atoms with Gasteiger partial charge < -0.3 is 9.31 Å². The van der Waals surface area contributed by atoms with E-state index in [2.05, 4.69) is 4.98 Å². The zero-order valence-electron chi connectivity index (χ0n) is 18.2. The molecule has 1 aliphatic rings. The maximum atomic E-state index is 7.99. The Hall–Kier alpha value is -0.385. The van der Waals surface area contributed by atoms with Gasteiger partial charge in [-0.15, -0.1) is 11.3 Å². The van der Waals surface area contributed by atoms with Crippen LogP contribution < -0.4 is 4.78 Å². The monoisotopic (exact) mass is 261 g/mol. The molecular weight excluding hydrogens is 233 g/mol. The van der Waals surface area contributed by atoms with Gasteiger partial charge in [-0.05, 0) is 40.9 Å². The number of aryl methyl sites for hydroxylation is 2. The average molecular weight is 261 g/mol. The molecular formula is C12H20BNO2S. The molecule has 3 nitrogen and oxygen atoms in total. The van der Waals surface area contributed by atoms with Crippen LogP contribution in [-0.2, 0) is 15.7 Å². The van der Waals surface area contributed by atoms with Gasteiger partial charge in [0.15, 0.2) is 0 Å². The molecule has 0 bridgehead atoms. The van der Waals surface area contributed by atoms with Gasteiger partial charge in [0.1, 0.15) is 0 Å². The van der Waals surface area contributed by atoms with E-state index in [1.165, 1.54) is 0 Å². The van der Waals surface area contributed by atoms with Crippen LogP contribution in [0.5, 0.6) is 0 Å². The van der Waals surface area contributed by atoms with Crippen LogP contribution in [0.2, 0.25) is 0 Å². The standard InChI is InChI=1S/C12H20BNO2S/c1-7-9-10(17-8(2)14-9)13-15-11(3,4)12(5,6)16-13/h7H2,1-6H3/i1D3,2D3,7D2. The zero-order chi connectivity index (χ0) is 19.6. The Morgan fingerprint density at radius 1 is 1.35 bits per heavy atom. The molecule has 5 heteroatoms. The van der Waals surface area contributed by atoms with Gasteiger partial charge in [0.2, 0.25) is 0 Å². The largest absolute Gasteiger partial charge is 0.507 e. The van der Waals surface area contributed by atoms with Crippen molar-refractivity contribution in [2.24, 2.45) is 0 Å². The second kappa shape index (κ2) is 4.07. The first-order valence-electron chi connectivity index (χ1n) is 9.27. The number of nitrogens with zero attached hydrogens (tertiary/aromatic N) is 1. The summed E-state index contributed by atoms with van der Waals surface area (Å²) >= 11 is 0.695. The van der Waals surface area contributed by atoms with Gasteiger partial charge in [0.05, 0.1) is 26.7 Å². The van der Waals surface area contributed by atoms with E-state index in [9.17, 15) is 0 Å². The maximum absolute atomic E-state index is 7.99. The van der Waals surface area contributed by atoms with Gasteiger partial charge in [-0.2, -0.15) is 0 Å². The summed E-state index contributed by atoms with van der Waals surface area (Å²) in [4.78, 5) is 3.82. The van der Waals surface area contributed by atoms with Crippen molar-refractivity contribution in [2.75, 3.05) is 0 Å². The molecule has 1 aromatic rings. The SMILES string of the molecule is [2H]C([2H])([2H])c1nc(C([2H])([2H])C([2H])([2H])[2H])c(B2OC(C)(C)C(C)(C)O2)s1. The summed E-state index contributed by atoms with van der Waals surface area (Å²) < 4.78 is 72.6. The minimum atomic E-state index is -3.02. The molecule has 0 aromatic carbocycles. The molecule has 17 heavy (non-hydrogen) atoms. The molecule has 1 fully saturated rings. The molecule has 1 aromatic heterocycles. The quantitative estimate of drug-likeness (QED) is 0.765. The minimum Gasteiger partial charge on any atom is -0.399 e. The summed E-state index contributed by atoms with van der Waals surface area (Å²) in [5.74, 6) is 0. The third-order valence-electron chi connectivity index (χ3n) is 3.24. The van der Waals surface area contributed by atoms with E-state index in [-0.39, 0.29) is 9.78 Å². The van der Waals surface area contributed by atoms with Crippen LogP contribution in [-0.4, -0.2) is 23.3 Å². The minimum absolute atomic E-state index is 0.0332. The summed E-state index contributed by atoms with van der Waals surface area (Å²) in [6.07, 6.45) is -2.84. The number of rotatable bonds is 2. The van der Waals surface area contributed by atoms with E-state index in [0.29, 0.717) is 11.3 Å². The van der Waals surface area contributed by atoms with Crippen LogP contribution in [0.25, 0.3) is 0 Å². The van der Waals surface area contributed by atoms with Gasteiger partial charge in [-0.3, -0.25) is 0 Å². The van der Waals surface area contributed by atoms with E-state index >= 15 is 0 Å². The van der Waals surface area contributed by atoms with Gasteiger partial charge in [0.25, 0.3) is 0 Å². The lowest BCUT2D eigenvalue weighted by Gasteiger charge is -2.32. The second-order valence-electron chi connectivity index (χ2n) is 4.95. The van der Waals surface area contributed by atoms with E-state index in [1.807, 2.05) is 0 Å². The number of hydrogen-bond acceptors (Lipinski definition) is 4. The molecule has 0 saturated carbocycles. The molecule has 0 aliphatic carbocycles. The molecule has 0 N–H and O–H groups in total. The topological polar surface area (TPSA) is 31.4 Å². The van der Waals surface area contributed by atoms with E-state index < -0.39 is 44.1 Å². The van der Waals surface area contributed by atoms with Crippen molar-refractivity contribution in [3.05, 3.63) is 10.7 Å². The third-order valence-corrected chi connectivity index (χ3v) is 4.13. The third kappa shape index (κ3) is 2.16. The van der Waals surface area contributed by atoms with Crippen molar-refractivity contribution in [3.63, 3.8) is 0 Å². The van der Waals surface area contributed by atoms with Crippen LogP contribution in [0.1, 0.15) is 56.2 Å². The Morgan fingerprint density at radius 2 is 2.00 bits per heavy atom. The number of hydrogen-bond donors (Lipinski definition) is 0. The zero-order valence-corrected chi connectivity index (χ0v) is 11.1. The Kier molecular flexibility index (Phi) is 1.48.